The van der Waals surface area contributed by atoms with Crippen molar-refractivity contribution in [1.82, 2.24) is 29.7 Å². The molecule has 0 aromatic carbocycles. The second-order valence-corrected chi connectivity index (χ2v) is 18.8. The Kier molecular flexibility index (Phi) is 20.4. The van der Waals surface area contributed by atoms with Crippen molar-refractivity contribution in [2.24, 2.45) is 0 Å². The zero-order valence-corrected chi connectivity index (χ0v) is 43.7. The van der Waals surface area contributed by atoms with Crippen LogP contribution < -0.4 is 20.4 Å². The van der Waals surface area contributed by atoms with Crippen LogP contribution in [-0.2, 0) is 62.5 Å². The number of urea groups is 2. The maximum Gasteiger partial charge on any atom is 0.410 e. The van der Waals surface area contributed by atoms with Gasteiger partial charge in [-0.15, -0.1) is 0 Å². The van der Waals surface area contributed by atoms with E-state index in [-0.39, 0.29) is 30.5 Å². The van der Waals surface area contributed by atoms with Crippen molar-refractivity contribution in [3.63, 3.8) is 0 Å². The van der Waals surface area contributed by atoms with Gasteiger partial charge in [0.05, 0.1) is 49.2 Å². The number of aromatic nitrogens is 4. The van der Waals surface area contributed by atoms with Gasteiger partial charge in [-0.3, -0.25) is 25.2 Å². The van der Waals surface area contributed by atoms with E-state index >= 15 is 0 Å². The van der Waals surface area contributed by atoms with Crippen molar-refractivity contribution in [2.45, 2.75) is 103 Å². The molecule has 22 nitrogen and oxygen atoms in total. The molecular formula is C54H66N12O10. The molecule has 2 N–H and O–H groups in total. The molecule has 1 unspecified atom stereocenters. The first-order chi connectivity index (χ1) is 37.0. The normalized spacial score (nSPS) is 15.7. The largest absolute Gasteiger partial charge is 0.449 e. The van der Waals surface area contributed by atoms with Crippen LogP contribution in [0, 0.1) is 22.7 Å². The molecule has 22 heteroatoms. The fraction of sp³-hybridized carbons (Fsp3) is 0.500. The molecule has 1 atom stereocenters. The average molecular weight is 1040 g/mol. The molecule has 76 heavy (non-hydrogen) atoms. The molecule has 4 aliphatic heterocycles. The van der Waals surface area contributed by atoms with E-state index in [1.165, 1.54) is 17.3 Å². The fourth-order valence-electron chi connectivity index (χ4n) is 9.44. The number of fused-ring (bicyclic) bond motifs is 2. The van der Waals surface area contributed by atoms with Crippen molar-refractivity contribution in [3.8, 4) is 12.1 Å². The van der Waals surface area contributed by atoms with Crippen LogP contribution in [0.2, 0.25) is 0 Å². The highest BCUT2D eigenvalue weighted by Gasteiger charge is 2.31. The number of ether oxygens (including phenoxy) is 5. The molecule has 8 rings (SSSR count). The highest BCUT2D eigenvalue weighted by molar-refractivity contribution is 6.02. The number of carbonyl (C=O) groups is 5. The third kappa shape index (κ3) is 14.3. The fourth-order valence-corrected chi connectivity index (χ4v) is 9.44. The van der Waals surface area contributed by atoms with E-state index in [1.807, 2.05) is 19.1 Å². The Morgan fingerprint density at radius 1 is 0.684 bits per heavy atom. The number of amides is 6. The number of carbonyl (C=O) groups excluding carboxylic acids is 5. The molecule has 8 heterocycles. The molecule has 0 radical (unpaired) electrons. The molecule has 402 valence electrons. The number of nitrogens with one attached hydrogen (secondary N) is 2. The first-order valence-electron chi connectivity index (χ1n) is 25.8. The summed E-state index contributed by atoms with van der Waals surface area (Å²) >= 11 is 0. The lowest BCUT2D eigenvalue weighted by Gasteiger charge is -2.31. The molecule has 0 aliphatic carbocycles. The molecule has 2 saturated heterocycles. The zero-order chi connectivity index (χ0) is 54.0. The summed E-state index contributed by atoms with van der Waals surface area (Å²) in [6.07, 6.45) is 11.6. The van der Waals surface area contributed by atoms with Crippen LogP contribution in [0.15, 0.2) is 36.7 Å². The second kappa shape index (κ2) is 27.7. The summed E-state index contributed by atoms with van der Waals surface area (Å²) in [4.78, 5) is 87.7. The van der Waals surface area contributed by atoms with Gasteiger partial charge >= 0.3 is 24.2 Å². The monoisotopic (exact) mass is 1040 g/mol. The highest BCUT2D eigenvalue weighted by atomic mass is 16.6. The Morgan fingerprint density at radius 2 is 1.17 bits per heavy atom. The first-order valence-corrected chi connectivity index (χ1v) is 25.8. The number of pyridine rings is 4. The molecule has 4 aromatic rings. The van der Waals surface area contributed by atoms with Gasteiger partial charge in [-0.25, -0.2) is 39.1 Å². The van der Waals surface area contributed by atoms with Crippen LogP contribution in [0.1, 0.15) is 125 Å². The summed E-state index contributed by atoms with van der Waals surface area (Å²) in [7, 11) is 4.87. The van der Waals surface area contributed by atoms with Crippen LogP contribution in [0.25, 0.3) is 0 Å². The summed E-state index contributed by atoms with van der Waals surface area (Å²) in [6.45, 7) is 6.56. The van der Waals surface area contributed by atoms with E-state index in [0.717, 1.165) is 85.6 Å². The smallest absolute Gasteiger partial charge is 0.410 e. The number of hydrogen-bond acceptors (Lipinski definition) is 16. The van der Waals surface area contributed by atoms with E-state index in [9.17, 15) is 34.5 Å². The molecular weight excluding hydrogens is 977 g/mol. The van der Waals surface area contributed by atoms with Gasteiger partial charge in [-0.1, -0.05) is 0 Å². The SMILES string of the molecule is COCCCc1cc(NC(=O)N2CCCc3cc(CN4CCCCOC4=O)c(C(C)OC)nc32)ncc1C#N.COCCCc1cc(NC(=O)N2CCCc3cc(CN4CCCCOC4=O)c(C=O)nc32)ncc1C#N. The summed E-state index contributed by atoms with van der Waals surface area (Å²) in [5, 5.41) is 24.5. The van der Waals surface area contributed by atoms with E-state index in [0.29, 0.717) is 130 Å². The van der Waals surface area contributed by atoms with E-state index in [2.05, 4.69) is 37.7 Å². The number of nitrogens with zero attached hydrogens (tertiary/aromatic N) is 10. The number of nitriles is 2. The Hall–Kier alpha value is -7.79. The van der Waals surface area contributed by atoms with Gasteiger partial charge in [-0.2, -0.15) is 10.5 Å². The summed E-state index contributed by atoms with van der Waals surface area (Å²) in [6, 6.07) is 10.9. The molecule has 0 bridgehead atoms. The van der Waals surface area contributed by atoms with Gasteiger partial charge in [0, 0.05) is 78.7 Å². The van der Waals surface area contributed by atoms with Crippen LogP contribution in [0.5, 0.6) is 0 Å². The maximum absolute atomic E-state index is 13.4. The number of aldehydes is 1. The Balaban J connectivity index is 0.000000221. The topological polar surface area (TPSA) is 268 Å². The van der Waals surface area contributed by atoms with Crippen LogP contribution >= 0.6 is 0 Å². The van der Waals surface area contributed by atoms with Crippen LogP contribution in [0.4, 0.5) is 42.4 Å². The quantitative estimate of drug-likeness (QED) is 0.0754. The summed E-state index contributed by atoms with van der Waals surface area (Å²) in [5.41, 5.74) is 6.68. The average Bonchev–Trinajstić information content (AvgIpc) is 3.78. The minimum absolute atomic E-state index is 0.187. The Labute approximate surface area is 442 Å². The lowest BCUT2D eigenvalue weighted by atomic mass is 10.00. The first kappa shape index (κ1) is 55.9. The predicted molar refractivity (Wildman–Crippen MR) is 279 cm³/mol. The van der Waals surface area contributed by atoms with Crippen molar-refractivity contribution in [3.05, 3.63) is 92.6 Å². The van der Waals surface area contributed by atoms with Gasteiger partial charge < -0.3 is 33.5 Å². The molecule has 0 saturated carbocycles. The minimum atomic E-state index is -0.422. The van der Waals surface area contributed by atoms with Crippen molar-refractivity contribution < 1.29 is 47.7 Å². The number of aryl methyl sites for hydroxylation is 4. The van der Waals surface area contributed by atoms with Gasteiger partial charge in [0.15, 0.2) is 6.29 Å². The number of methoxy groups -OCH3 is 3. The van der Waals surface area contributed by atoms with Gasteiger partial charge in [0.1, 0.15) is 41.1 Å². The predicted octanol–water partition coefficient (Wildman–Crippen LogP) is 7.81. The minimum Gasteiger partial charge on any atom is -0.449 e. The van der Waals surface area contributed by atoms with E-state index < -0.39 is 12.1 Å². The Bertz CT molecular complexity index is 2820. The Morgan fingerprint density at radius 3 is 1.64 bits per heavy atom. The van der Waals surface area contributed by atoms with Crippen LogP contribution in [0.3, 0.4) is 0 Å². The van der Waals surface area contributed by atoms with Crippen molar-refractivity contribution in [2.75, 3.05) is 94.4 Å². The van der Waals surface area contributed by atoms with Gasteiger partial charge in [-0.05, 0) is 136 Å². The molecule has 2 fully saturated rings. The maximum atomic E-state index is 13.4. The van der Waals surface area contributed by atoms with E-state index in [4.69, 9.17) is 28.7 Å². The lowest BCUT2D eigenvalue weighted by Crippen LogP contribution is -2.40. The third-order valence-corrected chi connectivity index (χ3v) is 13.5. The summed E-state index contributed by atoms with van der Waals surface area (Å²) < 4.78 is 26.4. The number of anilines is 4. The second-order valence-electron chi connectivity index (χ2n) is 18.8. The lowest BCUT2D eigenvalue weighted by molar-refractivity contribution is 0.107. The molecule has 4 aliphatic rings. The van der Waals surface area contributed by atoms with Crippen LogP contribution in [-0.4, -0.2) is 134 Å². The van der Waals surface area contributed by atoms with Gasteiger partial charge in [0.2, 0.25) is 0 Å². The van der Waals surface area contributed by atoms with Crippen molar-refractivity contribution in [1.29, 1.82) is 10.5 Å². The third-order valence-electron chi connectivity index (χ3n) is 13.5. The highest BCUT2D eigenvalue weighted by Crippen LogP contribution is 2.33. The zero-order valence-electron chi connectivity index (χ0n) is 43.7. The molecule has 6 amide bonds. The van der Waals surface area contributed by atoms with Crippen molar-refractivity contribution >= 4 is 53.8 Å². The molecule has 4 aromatic heterocycles. The van der Waals surface area contributed by atoms with Gasteiger partial charge in [0.25, 0.3) is 0 Å². The summed E-state index contributed by atoms with van der Waals surface area (Å²) in [5.74, 6) is 1.70. The van der Waals surface area contributed by atoms with E-state index in [1.54, 1.807) is 48.2 Å². The number of cyclic esters (lactones) is 2. The number of hydrogen-bond donors (Lipinski definition) is 2. The number of rotatable bonds is 17. The standard InChI is InChI=1S/C28H36N6O5.C26H30N6O5/c1-19(38-3)25-22(18-33-10-4-5-13-39-28(33)36)14-21-8-6-11-34(26(21)32-25)27(35)31-24-15-20(9-7-12-37-2)23(16-29)17-30-24;1-36-10-5-7-18-13-23(28-15-21(18)14-27)30-25(34)32-9-4-6-19-12-20(22(17-33)29-24(19)32)16-31-8-2-3-11-37-26(31)35/h14-15,17,19H,4-13,18H2,1-3H3,(H,30,31,35);12-13,15,17H,2-11,16H2,1H3,(H,28,30,34). The molecule has 0 spiro atoms.